The summed E-state index contributed by atoms with van der Waals surface area (Å²) in [6.07, 6.45) is -0.221. The Morgan fingerprint density at radius 2 is 2.14 bits per heavy atom. The van der Waals surface area contributed by atoms with Gasteiger partial charge in [-0.15, -0.1) is 0 Å². The molecule has 0 aromatic heterocycles. The van der Waals surface area contributed by atoms with Crippen molar-refractivity contribution in [3.63, 3.8) is 0 Å². The van der Waals surface area contributed by atoms with Gasteiger partial charge in [-0.05, 0) is 0 Å². The van der Waals surface area contributed by atoms with E-state index in [9.17, 15) is 13.0 Å². The minimum atomic E-state index is -2.63. The van der Waals surface area contributed by atoms with E-state index in [0.717, 1.165) is 0 Å². The van der Waals surface area contributed by atoms with E-state index in [0.29, 0.717) is 0 Å². The molecule has 0 aromatic rings. The zero-order valence-corrected chi connectivity index (χ0v) is 4.17. The summed E-state index contributed by atoms with van der Waals surface area (Å²) < 4.78 is 32.7. The Morgan fingerprint density at radius 3 is 2.14 bits per heavy atom. The lowest BCUT2D eigenvalue weighted by atomic mass is 10.8. The first-order chi connectivity index (χ1) is 3.17. The Hall–Kier alpha value is -0.120. The summed E-state index contributed by atoms with van der Waals surface area (Å²) in [6.45, 7) is 0. The normalized spacial score (nSPS) is 34.9. The van der Waals surface area contributed by atoms with E-state index in [1.54, 1.807) is 0 Å². The Labute approximate surface area is 43.2 Å². The van der Waals surface area contributed by atoms with Crippen LogP contribution >= 0.6 is 0 Å². The average Bonchev–Trinajstić information content (AvgIpc) is 2.13. The van der Waals surface area contributed by atoms with E-state index in [1.807, 2.05) is 0 Å². The van der Waals surface area contributed by atoms with E-state index >= 15 is 0 Å². The molecule has 0 radical (unpaired) electrons. The first-order valence-electron chi connectivity index (χ1n) is 1.83. The molecule has 0 bridgehead atoms. The Morgan fingerprint density at radius 1 is 1.71 bits per heavy atom. The second-order valence-corrected chi connectivity index (χ2v) is 2.31. The highest BCUT2D eigenvalue weighted by molar-refractivity contribution is 7.66. The molecule has 0 aliphatic heterocycles. The second-order valence-electron chi connectivity index (χ2n) is 1.55. The van der Waals surface area contributed by atoms with Crippen LogP contribution < -0.4 is 0 Å². The molecule has 4 heteroatoms. The van der Waals surface area contributed by atoms with Crippen molar-refractivity contribution in [1.29, 1.82) is 0 Å². The largest absolute Gasteiger partial charge is 0.469 e. The highest BCUT2D eigenvalue weighted by Gasteiger charge is 2.68. The third-order valence-electron chi connectivity index (χ3n) is 0.885. The lowest BCUT2D eigenvalue weighted by Crippen LogP contribution is -1.94. The van der Waals surface area contributed by atoms with Gasteiger partial charge in [-0.25, -0.2) is 0 Å². The van der Waals surface area contributed by atoms with Crippen LogP contribution in [0.1, 0.15) is 6.42 Å². The van der Waals surface area contributed by atoms with Crippen molar-refractivity contribution in [1.82, 2.24) is 0 Å². The summed E-state index contributed by atoms with van der Waals surface area (Å²) in [6, 6.07) is 0. The molecule has 1 unspecified atom stereocenters. The summed E-state index contributed by atoms with van der Waals surface area (Å²) in [5.41, 5.74) is 0. The van der Waals surface area contributed by atoms with E-state index in [4.69, 9.17) is 0 Å². The van der Waals surface area contributed by atoms with Crippen LogP contribution in [0.15, 0.2) is 0 Å². The van der Waals surface area contributed by atoms with Gasteiger partial charge in [0.1, 0.15) is 0 Å². The minimum absolute atomic E-state index is 0.00231. The summed E-state index contributed by atoms with van der Waals surface area (Å²) in [4.78, 5) is 0. The molecular formula is C3H3F2OS+. The molecule has 1 rings (SSSR count). The molecule has 40 valence electrons. The van der Waals surface area contributed by atoms with Crippen LogP contribution in [0.4, 0.5) is 8.78 Å². The molecule has 1 nitrogen and oxygen atoms in total. The zero-order valence-electron chi connectivity index (χ0n) is 3.36. The molecule has 1 atom stereocenters. The maximum Gasteiger partial charge on any atom is 0.469 e. The SMILES string of the molecule is O=[S+]C1CC1(F)F. The number of hydrogen-bond donors (Lipinski definition) is 0. The number of hydrogen-bond acceptors (Lipinski definition) is 1. The summed E-state index contributed by atoms with van der Waals surface area (Å²) >= 11 is -0.00231. The fourth-order valence-corrected chi connectivity index (χ4v) is 0.724. The molecule has 1 aliphatic rings. The van der Waals surface area contributed by atoms with Crippen molar-refractivity contribution in [2.24, 2.45) is 0 Å². The molecule has 1 aliphatic carbocycles. The summed E-state index contributed by atoms with van der Waals surface area (Å²) in [5, 5.41) is -0.924. The molecule has 0 heterocycles. The average molecular weight is 125 g/mol. The van der Waals surface area contributed by atoms with E-state index < -0.39 is 11.2 Å². The second kappa shape index (κ2) is 1.18. The fourth-order valence-electron chi connectivity index (χ4n) is 0.293. The monoisotopic (exact) mass is 125 g/mol. The van der Waals surface area contributed by atoms with Gasteiger partial charge in [-0.1, -0.05) is 0 Å². The third-order valence-corrected chi connectivity index (χ3v) is 1.63. The predicted molar refractivity (Wildman–Crippen MR) is 21.4 cm³/mol. The third kappa shape index (κ3) is 0.748. The molecular weight excluding hydrogens is 122 g/mol. The smallest absolute Gasteiger partial charge is 0.200 e. The number of rotatable bonds is 1. The van der Waals surface area contributed by atoms with Crippen molar-refractivity contribution in [3.05, 3.63) is 0 Å². The van der Waals surface area contributed by atoms with Crippen LogP contribution in [0.5, 0.6) is 0 Å². The van der Waals surface area contributed by atoms with Crippen LogP contribution in [0, 0.1) is 0 Å². The number of halogens is 2. The van der Waals surface area contributed by atoms with Crippen LogP contribution in [-0.2, 0) is 15.9 Å². The van der Waals surface area contributed by atoms with Gasteiger partial charge in [0.25, 0.3) is 0 Å². The molecule has 1 saturated carbocycles. The van der Waals surface area contributed by atoms with Gasteiger partial charge in [0, 0.05) is 4.21 Å². The molecule has 0 amide bonds. The molecule has 1 fully saturated rings. The van der Waals surface area contributed by atoms with Crippen molar-refractivity contribution < 1.29 is 13.0 Å². The first-order valence-corrected chi connectivity index (χ1v) is 2.64. The lowest BCUT2D eigenvalue weighted by molar-refractivity contribution is 0.122. The van der Waals surface area contributed by atoms with Gasteiger partial charge in [0.15, 0.2) is 0 Å². The van der Waals surface area contributed by atoms with Crippen molar-refractivity contribution in [2.75, 3.05) is 0 Å². The van der Waals surface area contributed by atoms with Crippen LogP contribution in [0.3, 0.4) is 0 Å². The van der Waals surface area contributed by atoms with Crippen LogP contribution in [0.25, 0.3) is 0 Å². The standard InChI is InChI=1S/C3H3F2OS/c4-3(5)1-2(3)7-6/h2H,1H2/q+1. The highest BCUT2D eigenvalue weighted by Crippen LogP contribution is 2.42. The molecule has 0 saturated heterocycles. The highest BCUT2D eigenvalue weighted by atomic mass is 32.1. The van der Waals surface area contributed by atoms with Gasteiger partial charge in [-0.3, -0.25) is 0 Å². The van der Waals surface area contributed by atoms with Gasteiger partial charge in [0.05, 0.1) is 6.42 Å². The Balaban J connectivity index is 2.44. The zero-order chi connectivity index (χ0) is 5.49. The van der Waals surface area contributed by atoms with Gasteiger partial charge >= 0.3 is 22.8 Å². The first kappa shape index (κ1) is 5.03. The van der Waals surface area contributed by atoms with Crippen molar-refractivity contribution >= 4 is 11.7 Å². The lowest BCUT2D eigenvalue weighted by Gasteiger charge is -1.74. The number of alkyl halides is 2. The minimum Gasteiger partial charge on any atom is -0.200 e. The molecule has 0 aromatic carbocycles. The molecule has 7 heavy (non-hydrogen) atoms. The van der Waals surface area contributed by atoms with Gasteiger partial charge < -0.3 is 0 Å². The molecule has 0 spiro atoms. The van der Waals surface area contributed by atoms with Gasteiger partial charge in [0.2, 0.25) is 0 Å². The maximum absolute atomic E-state index is 11.6. The predicted octanol–water partition coefficient (Wildman–Crippen LogP) is 0.822. The van der Waals surface area contributed by atoms with Gasteiger partial charge in [-0.2, -0.15) is 8.78 Å². The summed E-state index contributed by atoms with van der Waals surface area (Å²) in [7, 11) is 0. The summed E-state index contributed by atoms with van der Waals surface area (Å²) in [5.74, 6) is -2.63. The topological polar surface area (TPSA) is 17.1 Å². The molecule has 0 N–H and O–H groups in total. The van der Waals surface area contributed by atoms with Crippen LogP contribution in [0.2, 0.25) is 0 Å². The van der Waals surface area contributed by atoms with E-state index in [-0.39, 0.29) is 18.1 Å². The van der Waals surface area contributed by atoms with E-state index in [1.165, 1.54) is 0 Å². The van der Waals surface area contributed by atoms with Crippen LogP contribution in [-0.4, -0.2) is 11.2 Å². The van der Waals surface area contributed by atoms with E-state index in [2.05, 4.69) is 0 Å². The maximum atomic E-state index is 11.6. The Bertz CT molecular complexity index is 103. The quantitative estimate of drug-likeness (QED) is 0.474. The fraction of sp³-hybridized carbons (Fsp3) is 1.00. The van der Waals surface area contributed by atoms with Crippen molar-refractivity contribution in [2.45, 2.75) is 17.6 Å². The van der Waals surface area contributed by atoms with Crippen molar-refractivity contribution in [3.8, 4) is 0 Å². The Kier molecular flexibility index (Phi) is 0.849.